The number of rotatable bonds is 5. The van der Waals surface area contributed by atoms with Gasteiger partial charge in [0, 0.05) is 31.4 Å². The van der Waals surface area contributed by atoms with Gasteiger partial charge in [-0.15, -0.1) is 0 Å². The van der Waals surface area contributed by atoms with Crippen LogP contribution in [-0.2, 0) is 24.9 Å². The second-order valence-corrected chi connectivity index (χ2v) is 9.24. The lowest BCUT2D eigenvalue weighted by atomic mass is 9.88. The Morgan fingerprint density at radius 2 is 2.11 bits per heavy atom. The monoisotopic (exact) mass is 391 g/mol. The Bertz CT molecular complexity index is 952. The molecule has 0 aliphatic heterocycles. The highest BCUT2D eigenvalue weighted by Gasteiger charge is 2.20. The number of nitrogens with one attached hydrogen (secondary N) is 1. The summed E-state index contributed by atoms with van der Waals surface area (Å²) in [7, 11) is 1.76. The Hall–Kier alpha value is -1.77. The number of hydrogen-bond acceptors (Lipinski definition) is 4. The lowest BCUT2D eigenvalue weighted by molar-refractivity contribution is 0.342. The summed E-state index contributed by atoms with van der Waals surface area (Å²) in [5.41, 5.74) is 3.57. The molecule has 3 rings (SSSR count). The summed E-state index contributed by atoms with van der Waals surface area (Å²) < 4.78 is 27.1. The zero-order valence-corrected chi connectivity index (χ0v) is 17.1. The molecule has 148 valence electrons. The van der Waals surface area contributed by atoms with E-state index in [0.29, 0.717) is 24.7 Å². The van der Waals surface area contributed by atoms with Crippen LogP contribution in [0.3, 0.4) is 0 Å². The summed E-state index contributed by atoms with van der Waals surface area (Å²) in [5, 5.41) is 0. The predicted molar refractivity (Wildman–Crippen MR) is 107 cm³/mol. The van der Waals surface area contributed by atoms with Crippen molar-refractivity contribution in [2.45, 2.75) is 46.6 Å². The Labute approximate surface area is 161 Å². The van der Waals surface area contributed by atoms with Gasteiger partial charge in [-0.05, 0) is 48.3 Å². The molecule has 0 spiro atoms. The van der Waals surface area contributed by atoms with E-state index < -0.39 is 11.3 Å². The van der Waals surface area contributed by atoms with Crippen LogP contribution in [0.25, 0.3) is 16.7 Å². The van der Waals surface area contributed by atoms with Crippen molar-refractivity contribution >= 4 is 28.0 Å². The molecule has 1 aliphatic carbocycles. The highest BCUT2D eigenvalue weighted by molar-refractivity contribution is 7.77. The number of aromatic nitrogens is 3. The fourth-order valence-electron chi connectivity index (χ4n) is 3.57. The van der Waals surface area contributed by atoms with Crippen LogP contribution < -0.4 is 10.4 Å². The molecule has 2 heterocycles. The molecule has 8 heteroatoms. The SMILES string of the molecule is Cn1c(=O)n(CC(C)(C)C)c2ccc(C3=CCC(CNS(=O)[O-])CC3)nc21. The van der Waals surface area contributed by atoms with Crippen LogP contribution in [0.4, 0.5) is 0 Å². The van der Waals surface area contributed by atoms with Crippen molar-refractivity contribution in [3.8, 4) is 0 Å². The fourth-order valence-corrected chi connectivity index (χ4v) is 3.94. The summed E-state index contributed by atoms with van der Waals surface area (Å²) in [6, 6.07) is 3.97. The molecule has 0 radical (unpaired) electrons. The minimum absolute atomic E-state index is 0.000511. The fraction of sp³-hybridized carbons (Fsp3) is 0.579. The quantitative estimate of drug-likeness (QED) is 0.792. The van der Waals surface area contributed by atoms with E-state index in [1.54, 1.807) is 16.2 Å². The summed E-state index contributed by atoms with van der Waals surface area (Å²) >= 11 is -2.21. The van der Waals surface area contributed by atoms with Crippen LogP contribution >= 0.6 is 0 Å². The Kier molecular flexibility index (Phi) is 5.69. The maximum Gasteiger partial charge on any atom is 0.330 e. The van der Waals surface area contributed by atoms with Gasteiger partial charge in [-0.3, -0.25) is 13.3 Å². The molecule has 27 heavy (non-hydrogen) atoms. The van der Waals surface area contributed by atoms with E-state index in [0.717, 1.165) is 36.0 Å². The van der Waals surface area contributed by atoms with E-state index in [9.17, 15) is 13.6 Å². The highest BCUT2D eigenvalue weighted by atomic mass is 32.2. The lowest BCUT2D eigenvalue weighted by Gasteiger charge is -2.22. The topological polar surface area (TPSA) is 92.0 Å². The highest BCUT2D eigenvalue weighted by Crippen LogP contribution is 2.30. The normalized spacial score (nSPS) is 19.3. The number of hydrogen-bond donors (Lipinski definition) is 1. The first-order chi connectivity index (χ1) is 12.7. The van der Waals surface area contributed by atoms with Crippen molar-refractivity contribution < 1.29 is 8.76 Å². The van der Waals surface area contributed by atoms with E-state index in [1.165, 1.54) is 0 Å². The van der Waals surface area contributed by atoms with Gasteiger partial charge in [0.05, 0.1) is 11.2 Å². The summed E-state index contributed by atoms with van der Waals surface area (Å²) in [6.45, 7) is 7.45. The molecule has 0 bridgehead atoms. The molecule has 7 nitrogen and oxygen atoms in total. The summed E-state index contributed by atoms with van der Waals surface area (Å²) in [4.78, 5) is 17.4. The summed E-state index contributed by atoms with van der Waals surface area (Å²) in [5.74, 6) is 0.313. The molecule has 0 aromatic carbocycles. The first-order valence-corrected chi connectivity index (χ1v) is 10.3. The number of pyridine rings is 1. The zero-order chi connectivity index (χ0) is 19.8. The maximum absolute atomic E-state index is 12.6. The number of imidazole rings is 1. The Morgan fingerprint density at radius 1 is 1.37 bits per heavy atom. The van der Waals surface area contributed by atoms with Crippen molar-refractivity contribution in [1.82, 2.24) is 18.8 Å². The van der Waals surface area contributed by atoms with Crippen molar-refractivity contribution in [3.05, 3.63) is 34.4 Å². The van der Waals surface area contributed by atoms with Crippen molar-refractivity contribution in [1.29, 1.82) is 0 Å². The Balaban J connectivity index is 1.87. The van der Waals surface area contributed by atoms with E-state index in [4.69, 9.17) is 4.98 Å². The standard InChI is InChI=1S/C19H28N4O3S/c1-19(2,3)12-23-16-10-9-15(21-17(16)22(4)18(23)24)14-7-5-13(6-8-14)11-20-27(25)26/h7,9-10,13,20H,5-6,8,11-12H2,1-4H3,(H,25,26)/p-1. The molecular weight excluding hydrogens is 364 g/mol. The van der Waals surface area contributed by atoms with Crippen molar-refractivity contribution in [3.63, 3.8) is 0 Å². The zero-order valence-electron chi connectivity index (χ0n) is 16.3. The van der Waals surface area contributed by atoms with Crippen LogP contribution in [0.15, 0.2) is 23.0 Å². The van der Waals surface area contributed by atoms with Crippen molar-refractivity contribution in [2.24, 2.45) is 18.4 Å². The number of nitrogens with zero attached hydrogens (tertiary/aromatic N) is 3. The Morgan fingerprint density at radius 3 is 2.70 bits per heavy atom. The first kappa shape index (κ1) is 20.0. The van der Waals surface area contributed by atoms with E-state index in [2.05, 4.69) is 31.6 Å². The van der Waals surface area contributed by atoms with E-state index in [1.807, 2.05) is 12.1 Å². The minimum Gasteiger partial charge on any atom is -0.760 e. The molecule has 0 saturated heterocycles. The molecule has 2 aromatic heterocycles. The molecule has 0 fully saturated rings. The van der Waals surface area contributed by atoms with Gasteiger partial charge >= 0.3 is 5.69 Å². The predicted octanol–water partition coefficient (Wildman–Crippen LogP) is 2.35. The van der Waals surface area contributed by atoms with E-state index in [-0.39, 0.29) is 11.1 Å². The second-order valence-electron chi connectivity index (χ2n) is 8.48. The van der Waals surface area contributed by atoms with Crippen LogP contribution in [0, 0.1) is 11.3 Å². The molecule has 0 saturated carbocycles. The van der Waals surface area contributed by atoms with Crippen LogP contribution in [0.5, 0.6) is 0 Å². The number of aryl methyl sites for hydroxylation is 1. The molecule has 2 atom stereocenters. The first-order valence-electron chi connectivity index (χ1n) is 9.24. The van der Waals surface area contributed by atoms with Gasteiger partial charge in [0.15, 0.2) is 5.65 Å². The molecular formula is C19H27N4O3S-. The van der Waals surface area contributed by atoms with Gasteiger partial charge in [-0.25, -0.2) is 14.5 Å². The van der Waals surface area contributed by atoms with Crippen molar-refractivity contribution in [2.75, 3.05) is 6.54 Å². The van der Waals surface area contributed by atoms with Gasteiger partial charge in [-0.2, -0.15) is 0 Å². The average Bonchev–Trinajstić information content (AvgIpc) is 2.83. The average molecular weight is 392 g/mol. The van der Waals surface area contributed by atoms with E-state index >= 15 is 0 Å². The van der Waals surface area contributed by atoms with Crippen LogP contribution in [0.2, 0.25) is 0 Å². The number of fused-ring (bicyclic) bond motifs is 1. The minimum atomic E-state index is -2.21. The van der Waals surface area contributed by atoms with Gasteiger partial charge in [0.1, 0.15) is 0 Å². The smallest absolute Gasteiger partial charge is 0.330 e. The third kappa shape index (κ3) is 4.56. The summed E-state index contributed by atoms with van der Waals surface area (Å²) in [6.07, 6.45) is 4.73. The molecule has 2 unspecified atom stereocenters. The maximum atomic E-state index is 12.6. The molecule has 1 aliphatic rings. The van der Waals surface area contributed by atoms with Gasteiger partial charge in [0.25, 0.3) is 0 Å². The van der Waals surface area contributed by atoms with Crippen LogP contribution in [-0.4, -0.2) is 29.4 Å². The second kappa shape index (κ2) is 7.69. The third-order valence-electron chi connectivity index (χ3n) is 4.95. The lowest BCUT2D eigenvalue weighted by Crippen LogP contribution is -2.27. The van der Waals surface area contributed by atoms with Gasteiger partial charge < -0.3 is 4.55 Å². The molecule has 0 amide bonds. The van der Waals surface area contributed by atoms with Crippen LogP contribution in [0.1, 0.15) is 45.7 Å². The molecule has 1 N–H and O–H groups in total. The largest absolute Gasteiger partial charge is 0.760 e. The number of allylic oxidation sites excluding steroid dienone is 2. The van der Waals surface area contributed by atoms with Gasteiger partial charge in [0.2, 0.25) is 0 Å². The molecule has 2 aromatic rings. The third-order valence-corrected chi connectivity index (χ3v) is 5.35. The van der Waals surface area contributed by atoms with Gasteiger partial charge in [-0.1, -0.05) is 26.8 Å².